The first-order valence-corrected chi connectivity index (χ1v) is 11.6. The molecule has 0 radical (unpaired) electrons. The van der Waals surface area contributed by atoms with Gasteiger partial charge in [-0.05, 0) is 23.1 Å². The largest absolute Gasteiger partial charge is 0.326 e. The number of piperidine rings is 1. The van der Waals surface area contributed by atoms with Crippen LogP contribution >= 0.6 is 0 Å². The topological polar surface area (TPSA) is 78.8 Å². The van der Waals surface area contributed by atoms with Crippen molar-refractivity contribution in [3.8, 4) is 0 Å². The Morgan fingerprint density at radius 3 is 2.13 bits per heavy atom. The number of carbonyl (C=O) groups is 1. The molecule has 0 atom stereocenters. The van der Waals surface area contributed by atoms with E-state index in [1.165, 1.54) is 9.87 Å². The summed E-state index contributed by atoms with van der Waals surface area (Å²) in [5, 5.41) is 3.01. The maximum Gasteiger partial charge on any atom is 0.272 e. The van der Waals surface area contributed by atoms with Crippen molar-refractivity contribution in [2.75, 3.05) is 13.1 Å². The zero-order valence-electron chi connectivity index (χ0n) is 17.6. The smallest absolute Gasteiger partial charge is 0.272 e. The highest BCUT2D eigenvalue weighted by atomic mass is 32.2. The van der Waals surface area contributed by atoms with Gasteiger partial charge in [0.15, 0.2) is 0 Å². The molecule has 30 heavy (non-hydrogen) atoms. The third kappa shape index (κ3) is 3.79. The van der Waals surface area contributed by atoms with Gasteiger partial charge in [-0.2, -0.15) is 4.31 Å². The number of amides is 1. The summed E-state index contributed by atoms with van der Waals surface area (Å²) in [7, 11) is -3.53. The van der Waals surface area contributed by atoms with Crippen LogP contribution in [0.5, 0.6) is 0 Å². The predicted octanol–water partition coefficient (Wildman–Crippen LogP) is 3.08. The third-order valence-electron chi connectivity index (χ3n) is 5.84. The number of nitrogens with one attached hydrogen (secondary N) is 1. The Morgan fingerprint density at radius 2 is 1.57 bits per heavy atom. The number of hydrogen-bond acceptors (Lipinski definition) is 4. The minimum Gasteiger partial charge on any atom is -0.326 e. The van der Waals surface area contributed by atoms with E-state index in [1.54, 1.807) is 30.3 Å². The van der Waals surface area contributed by atoms with Gasteiger partial charge in [0.25, 0.3) is 5.91 Å². The molecule has 4 rings (SSSR count). The van der Waals surface area contributed by atoms with Crippen LogP contribution in [0.25, 0.3) is 0 Å². The first kappa shape index (κ1) is 20.8. The third-order valence-corrected chi connectivity index (χ3v) is 7.75. The van der Waals surface area contributed by atoms with Crippen molar-refractivity contribution >= 4 is 21.6 Å². The van der Waals surface area contributed by atoms with E-state index >= 15 is 0 Å². The van der Waals surface area contributed by atoms with E-state index in [9.17, 15) is 13.2 Å². The Balaban J connectivity index is 1.52. The zero-order valence-corrected chi connectivity index (χ0v) is 18.4. The fourth-order valence-electron chi connectivity index (χ4n) is 3.96. The SMILES string of the molecule is CC(C)(C)c1ccc(C2=NC3(CCN(S(=O)(=O)c4ccccc4)CC3)NC2=O)cc1. The van der Waals surface area contributed by atoms with Crippen molar-refractivity contribution in [2.45, 2.75) is 49.6 Å². The molecule has 7 heteroatoms. The van der Waals surface area contributed by atoms with Crippen molar-refractivity contribution < 1.29 is 13.2 Å². The van der Waals surface area contributed by atoms with E-state index in [-0.39, 0.29) is 11.3 Å². The second kappa shape index (κ2) is 7.32. The average molecular weight is 426 g/mol. The van der Waals surface area contributed by atoms with Crippen molar-refractivity contribution in [2.24, 2.45) is 4.99 Å². The van der Waals surface area contributed by atoms with Gasteiger partial charge < -0.3 is 5.32 Å². The summed E-state index contributed by atoms with van der Waals surface area (Å²) in [5.41, 5.74) is 1.72. The van der Waals surface area contributed by atoms with Crippen LogP contribution in [0.3, 0.4) is 0 Å². The molecule has 2 aromatic carbocycles. The van der Waals surface area contributed by atoms with Crippen molar-refractivity contribution in [3.05, 3.63) is 65.7 Å². The van der Waals surface area contributed by atoms with E-state index < -0.39 is 15.7 Å². The quantitative estimate of drug-likeness (QED) is 0.821. The molecule has 158 valence electrons. The lowest BCUT2D eigenvalue weighted by Crippen LogP contribution is -2.52. The molecule has 2 heterocycles. The molecule has 2 aliphatic heterocycles. The number of hydrogen-bond donors (Lipinski definition) is 1. The van der Waals surface area contributed by atoms with Crippen molar-refractivity contribution in [1.82, 2.24) is 9.62 Å². The second-order valence-electron chi connectivity index (χ2n) is 8.99. The van der Waals surface area contributed by atoms with Gasteiger partial charge in [-0.25, -0.2) is 8.42 Å². The van der Waals surface area contributed by atoms with Gasteiger partial charge in [0.05, 0.1) is 4.90 Å². The molecule has 1 saturated heterocycles. The molecule has 2 aliphatic rings. The summed E-state index contributed by atoms with van der Waals surface area (Å²) in [6.07, 6.45) is 0.906. The van der Waals surface area contributed by atoms with Crippen LogP contribution in [0.2, 0.25) is 0 Å². The average Bonchev–Trinajstić information content (AvgIpc) is 3.04. The Morgan fingerprint density at radius 1 is 0.967 bits per heavy atom. The standard InChI is InChI=1S/C23H27N3O3S/c1-22(2,3)18-11-9-17(10-12-18)20-21(27)25-23(24-20)13-15-26(16-14-23)30(28,29)19-7-5-4-6-8-19/h4-12H,13-16H2,1-3H3,(H,25,27). The monoisotopic (exact) mass is 425 g/mol. The van der Waals surface area contributed by atoms with E-state index in [0.717, 1.165) is 5.56 Å². The molecule has 2 aromatic rings. The predicted molar refractivity (Wildman–Crippen MR) is 117 cm³/mol. The Kier molecular flexibility index (Phi) is 5.06. The van der Waals surface area contributed by atoms with Gasteiger partial charge in [-0.1, -0.05) is 63.2 Å². The molecule has 6 nitrogen and oxygen atoms in total. The van der Waals surface area contributed by atoms with Crippen molar-refractivity contribution in [1.29, 1.82) is 0 Å². The summed E-state index contributed by atoms with van der Waals surface area (Å²) in [4.78, 5) is 17.7. The number of sulfonamides is 1. The lowest BCUT2D eigenvalue weighted by molar-refractivity contribution is -0.115. The van der Waals surface area contributed by atoms with E-state index in [4.69, 9.17) is 4.99 Å². The molecule has 1 spiro atoms. The lowest BCUT2D eigenvalue weighted by Gasteiger charge is -2.36. The fraction of sp³-hybridized carbons (Fsp3) is 0.391. The normalized spacial score (nSPS) is 19.6. The minimum absolute atomic E-state index is 0.0383. The molecule has 1 N–H and O–H groups in total. The van der Waals surface area contributed by atoms with Gasteiger partial charge >= 0.3 is 0 Å². The number of aliphatic imine (C=N–C) groups is 1. The first-order chi connectivity index (χ1) is 14.1. The molecule has 0 aliphatic carbocycles. The van der Waals surface area contributed by atoms with Crippen LogP contribution in [0.4, 0.5) is 0 Å². The van der Waals surface area contributed by atoms with Gasteiger partial charge in [-0.15, -0.1) is 0 Å². The molecule has 0 saturated carbocycles. The van der Waals surface area contributed by atoms with Crippen molar-refractivity contribution in [3.63, 3.8) is 0 Å². The molecular formula is C23H27N3O3S. The molecular weight excluding hydrogens is 398 g/mol. The summed E-state index contributed by atoms with van der Waals surface area (Å²) in [6, 6.07) is 16.4. The van der Waals surface area contributed by atoms with Crippen LogP contribution in [0, 0.1) is 0 Å². The Labute approximate surface area is 178 Å². The lowest BCUT2D eigenvalue weighted by atomic mass is 9.86. The summed E-state index contributed by atoms with van der Waals surface area (Å²) >= 11 is 0. The van der Waals surface area contributed by atoms with Crippen LogP contribution in [0.15, 0.2) is 64.5 Å². The van der Waals surface area contributed by atoms with E-state index in [0.29, 0.717) is 36.5 Å². The van der Waals surface area contributed by atoms with Crippen LogP contribution in [0.1, 0.15) is 44.7 Å². The summed E-state index contributed by atoms with van der Waals surface area (Å²) in [5.74, 6) is -0.196. The maximum absolute atomic E-state index is 12.9. The van der Waals surface area contributed by atoms with E-state index in [1.807, 2.05) is 24.3 Å². The Hall–Kier alpha value is -2.51. The zero-order chi connectivity index (χ0) is 21.6. The molecule has 0 aromatic heterocycles. The fourth-order valence-corrected chi connectivity index (χ4v) is 5.42. The number of rotatable bonds is 3. The molecule has 0 bridgehead atoms. The number of benzene rings is 2. The highest BCUT2D eigenvalue weighted by Gasteiger charge is 2.44. The van der Waals surface area contributed by atoms with Gasteiger partial charge in [0.2, 0.25) is 10.0 Å². The van der Waals surface area contributed by atoms with Gasteiger partial charge in [0, 0.05) is 31.5 Å². The second-order valence-corrected chi connectivity index (χ2v) is 10.9. The maximum atomic E-state index is 12.9. The van der Waals surface area contributed by atoms with Gasteiger partial charge in [0.1, 0.15) is 11.4 Å². The van der Waals surface area contributed by atoms with Gasteiger partial charge in [-0.3, -0.25) is 9.79 Å². The van der Waals surface area contributed by atoms with E-state index in [2.05, 4.69) is 26.1 Å². The summed E-state index contributed by atoms with van der Waals surface area (Å²) in [6.45, 7) is 7.07. The number of carbonyl (C=O) groups excluding carboxylic acids is 1. The van der Waals surface area contributed by atoms with Crippen LogP contribution in [-0.4, -0.2) is 43.1 Å². The highest BCUT2D eigenvalue weighted by Crippen LogP contribution is 2.32. The van der Waals surface area contributed by atoms with Crippen LogP contribution < -0.4 is 5.32 Å². The minimum atomic E-state index is -3.53. The highest BCUT2D eigenvalue weighted by molar-refractivity contribution is 7.89. The molecule has 1 fully saturated rings. The number of nitrogens with zero attached hydrogens (tertiary/aromatic N) is 2. The first-order valence-electron chi connectivity index (χ1n) is 10.2. The molecule has 0 unspecified atom stereocenters. The molecule has 1 amide bonds. The Bertz CT molecular complexity index is 1080. The van der Waals surface area contributed by atoms with Crippen LogP contribution in [-0.2, 0) is 20.2 Å². The summed E-state index contributed by atoms with van der Waals surface area (Å²) < 4.78 is 27.2.